The molecule has 0 amide bonds. The molecular weight excluding hydrogens is 172 g/mol. The van der Waals surface area contributed by atoms with E-state index in [0.717, 1.165) is 0 Å². The summed E-state index contributed by atoms with van der Waals surface area (Å²) in [7, 11) is 0. The smallest absolute Gasteiger partial charge is 0.0247 e. The molecule has 1 aliphatic carbocycles. The number of rotatable bonds is 3. The van der Waals surface area contributed by atoms with E-state index >= 15 is 0 Å². The zero-order valence-corrected chi connectivity index (χ0v) is 9.63. The molecule has 2 nitrogen and oxygen atoms in total. The lowest BCUT2D eigenvalue weighted by molar-refractivity contribution is -0.0387. The first kappa shape index (κ1) is 10.4. The SMILES string of the molecule is CCC1(CC)CN(C2CCCC2N)C1. The zero-order chi connectivity index (χ0) is 10.2. The predicted octanol–water partition coefficient (Wildman–Crippen LogP) is 1.99. The predicted molar refractivity (Wildman–Crippen MR) is 60.2 cm³/mol. The van der Waals surface area contributed by atoms with Crippen LogP contribution in [0, 0.1) is 5.41 Å². The van der Waals surface area contributed by atoms with Crippen LogP contribution in [-0.2, 0) is 0 Å². The summed E-state index contributed by atoms with van der Waals surface area (Å²) in [6, 6.07) is 1.17. The Labute approximate surface area is 87.8 Å². The lowest BCUT2D eigenvalue weighted by Crippen LogP contribution is -2.61. The van der Waals surface area contributed by atoms with Crippen molar-refractivity contribution in [2.75, 3.05) is 13.1 Å². The van der Waals surface area contributed by atoms with Crippen LogP contribution in [0.2, 0.25) is 0 Å². The van der Waals surface area contributed by atoms with Crippen LogP contribution in [0.5, 0.6) is 0 Å². The number of hydrogen-bond donors (Lipinski definition) is 1. The fourth-order valence-electron chi connectivity index (χ4n) is 3.17. The molecule has 0 radical (unpaired) electrons. The molecule has 0 aromatic carbocycles. The second kappa shape index (κ2) is 3.82. The van der Waals surface area contributed by atoms with E-state index in [9.17, 15) is 0 Å². The third-order valence-electron chi connectivity index (χ3n) is 4.58. The quantitative estimate of drug-likeness (QED) is 0.748. The molecule has 0 aromatic heterocycles. The highest BCUT2D eigenvalue weighted by Gasteiger charge is 2.44. The molecule has 0 bridgehead atoms. The molecule has 2 atom stereocenters. The van der Waals surface area contributed by atoms with Crippen LogP contribution in [0.15, 0.2) is 0 Å². The molecule has 1 saturated heterocycles. The number of nitrogens with two attached hydrogens (primary N) is 1. The van der Waals surface area contributed by atoms with E-state index in [1.807, 2.05) is 0 Å². The minimum Gasteiger partial charge on any atom is -0.326 e. The van der Waals surface area contributed by atoms with E-state index in [4.69, 9.17) is 5.73 Å². The second-order valence-corrected chi connectivity index (χ2v) is 5.27. The highest BCUT2D eigenvalue weighted by Crippen LogP contribution is 2.40. The van der Waals surface area contributed by atoms with E-state index in [-0.39, 0.29) is 0 Å². The van der Waals surface area contributed by atoms with Crippen LogP contribution in [0.1, 0.15) is 46.0 Å². The van der Waals surface area contributed by atoms with Crippen LogP contribution < -0.4 is 5.73 Å². The monoisotopic (exact) mass is 196 g/mol. The molecule has 0 spiro atoms. The average Bonchev–Trinajstić information content (AvgIpc) is 2.52. The third kappa shape index (κ3) is 1.59. The van der Waals surface area contributed by atoms with Gasteiger partial charge < -0.3 is 5.73 Å². The standard InChI is InChI=1S/C12H24N2/c1-3-12(4-2)8-14(9-12)11-7-5-6-10(11)13/h10-11H,3-9,13H2,1-2H3. The highest BCUT2D eigenvalue weighted by atomic mass is 15.2. The molecule has 1 aliphatic heterocycles. The van der Waals surface area contributed by atoms with E-state index in [1.165, 1.54) is 45.2 Å². The summed E-state index contributed by atoms with van der Waals surface area (Å²) in [6.45, 7) is 7.27. The molecule has 2 unspecified atom stereocenters. The van der Waals surface area contributed by atoms with E-state index in [2.05, 4.69) is 18.7 Å². The molecule has 2 fully saturated rings. The summed E-state index contributed by atoms with van der Waals surface area (Å²) in [5, 5.41) is 0. The van der Waals surface area contributed by atoms with Gasteiger partial charge in [0.2, 0.25) is 0 Å². The van der Waals surface area contributed by atoms with Gasteiger partial charge in [-0.1, -0.05) is 20.3 Å². The van der Waals surface area contributed by atoms with Gasteiger partial charge in [0.15, 0.2) is 0 Å². The topological polar surface area (TPSA) is 29.3 Å². The molecule has 2 heteroatoms. The maximum absolute atomic E-state index is 6.12. The van der Waals surface area contributed by atoms with Crippen molar-refractivity contribution in [2.45, 2.75) is 58.0 Å². The maximum atomic E-state index is 6.12. The van der Waals surface area contributed by atoms with Crippen molar-refractivity contribution in [3.8, 4) is 0 Å². The maximum Gasteiger partial charge on any atom is 0.0247 e. The van der Waals surface area contributed by atoms with Crippen LogP contribution in [0.3, 0.4) is 0 Å². The summed E-state index contributed by atoms with van der Waals surface area (Å²) in [4.78, 5) is 2.63. The minimum atomic E-state index is 0.460. The Morgan fingerprint density at radius 3 is 2.29 bits per heavy atom. The van der Waals surface area contributed by atoms with Gasteiger partial charge in [0.25, 0.3) is 0 Å². The Bertz CT molecular complexity index is 190. The number of nitrogens with zero attached hydrogens (tertiary/aromatic N) is 1. The van der Waals surface area contributed by atoms with Crippen molar-refractivity contribution in [3.63, 3.8) is 0 Å². The average molecular weight is 196 g/mol. The van der Waals surface area contributed by atoms with Gasteiger partial charge in [0, 0.05) is 25.2 Å². The van der Waals surface area contributed by atoms with Gasteiger partial charge >= 0.3 is 0 Å². The van der Waals surface area contributed by atoms with E-state index in [1.54, 1.807) is 0 Å². The summed E-state index contributed by atoms with van der Waals surface area (Å²) in [6.07, 6.45) is 6.59. The Balaban J connectivity index is 1.87. The van der Waals surface area contributed by atoms with Gasteiger partial charge in [-0.05, 0) is 31.1 Å². The Kier molecular flexibility index (Phi) is 2.85. The second-order valence-electron chi connectivity index (χ2n) is 5.27. The van der Waals surface area contributed by atoms with Crippen molar-refractivity contribution in [1.29, 1.82) is 0 Å². The Hall–Kier alpha value is -0.0800. The molecule has 0 aromatic rings. The van der Waals surface area contributed by atoms with Crippen molar-refractivity contribution >= 4 is 0 Å². The van der Waals surface area contributed by atoms with E-state index < -0.39 is 0 Å². The van der Waals surface area contributed by atoms with Gasteiger partial charge in [-0.25, -0.2) is 0 Å². The van der Waals surface area contributed by atoms with Crippen LogP contribution in [-0.4, -0.2) is 30.1 Å². The van der Waals surface area contributed by atoms with Crippen molar-refractivity contribution in [1.82, 2.24) is 4.90 Å². The fourth-order valence-corrected chi connectivity index (χ4v) is 3.17. The van der Waals surface area contributed by atoms with Crippen molar-refractivity contribution in [3.05, 3.63) is 0 Å². The minimum absolute atomic E-state index is 0.460. The fraction of sp³-hybridized carbons (Fsp3) is 1.00. The Morgan fingerprint density at radius 1 is 1.21 bits per heavy atom. The van der Waals surface area contributed by atoms with Crippen molar-refractivity contribution in [2.24, 2.45) is 11.1 Å². The molecular formula is C12H24N2. The zero-order valence-electron chi connectivity index (χ0n) is 9.63. The largest absolute Gasteiger partial charge is 0.326 e. The summed E-state index contributed by atoms with van der Waals surface area (Å²) < 4.78 is 0. The molecule has 1 saturated carbocycles. The first-order chi connectivity index (χ1) is 6.71. The van der Waals surface area contributed by atoms with Gasteiger partial charge in [-0.2, -0.15) is 0 Å². The lowest BCUT2D eigenvalue weighted by atomic mass is 9.74. The molecule has 82 valence electrons. The third-order valence-corrected chi connectivity index (χ3v) is 4.58. The summed E-state index contributed by atoms with van der Waals surface area (Å²) in [5.41, 5.74) is 6.76. The van der Waals surface area contributed by atoms with Gasteiger partial charge in [-0.3, -0.25) is 4.90 Å². The van der Waals surface area contributed by atoms with Crippen LogP contribution >= 0.6 is 0 Å². The Morgan fingerprint density at radius 2 is 1.86 bits per heavy atom. The number of likely N-dealkylation sites (tertiary alicyclic amines) is 1. The van der Waals surface area contributed by atoms with Gasteiger partial charge in [0.05, 0.1) is 0 Å². The van der Waals surface area contributed by atoms with Crippen LogP contribution in [0.4, 0.5) is 0 Å². The summed E-state index contributed by atoms with van der Waals surface area (Å²) >= 11 is 0. The first-order valence-corrected chi connectivity index (χ1v) is 6.20. The lowest BCUT2D eigenvalue weighted by Gasteiger charge is -2.53. The normalized spacial score (nSPS) is 37.1. The van der Waals surface area contributed by atoms with Gasteiger partial charge in [-0.15, -0.1) is 0 Å². The first-order valence-electron chi connectivity index (χ1n) is 6.20. The van der Waals surface area contributed by atoms with Crippen LogP contribution in [0.25, 0.3) is 0 Å². The van der Waals surface area contributed by atoms with E-state index in [0.29, 0.717) is 17.5 Å². The number of hydrogen-bond acceptors (Lipinski definition) is 2. The van der Waals surface area contributed by atoms with Crippen molar-refractivity contribution < 1.29 is 0 Å². The molecule has 1 heterocycles. The molecule has 14 heavy (non-hydrogen) atoms. The molecule has 2 N–H and O–H groups in total. The van der Waals surface area contributed by atoms with Gasteiger partial charge in [0.1, 0.15) is 0 Å². The molecule has 2 aliphatic rings. The summed E-state index contributed by atoms with van der Waals surface area (Å²) in [5.74, 6) is 0. The molecule has 2 rings (SSSR count). The highest BCUT2D eigenvalue weighted by molar-refractivity contribution is 5.00.